The van der Waals surface area contributed by atoms with Crippen LogP contribution in [-0.2, 0) is 11.3 Å². The van der Waals surface area contributed by atoms with Crippen LogP contribution < -0.4 is 5.56 Å². The van der Waals surface area contributed by atoms with Gasteiger partial charge in [0.05, 0.1) is 22.2 Å². The van der Waals surface area contributed by atoms with Gasteiger partial charge in [0, 0.05) is 16.9 Å². The zero-order valence-corrected chi connectivity index (χ0v) is 15.6. The molecule has 0 bridgehead atoms. The largest absolute Gasteiger partial charge is 0.454 e. The topological polar surface area (TPSA) is 89.9 Å². The van der Waals surface area contributed by atoms with Crippen LogP contribution in [0.5, 0.6) is 0 Å². The molecule has 4 aromatic rings. The molecule has 0 fully saturated rings. The third kappa shape index (κ3) is 3.52. The number of hydrogen-bond acceptors (Lipinski definition) is 5. The molecule has 0 aliphatic heterocycles. The fraction of sp³-hybridized carbons (Fsp3) is 0.100. The molecule has 28 heavy (non-hydrogen) atoms. The van der Waals surface area contributed by atoms with Crippen LogP contribution in [0.4, 0.5) is 0 Å². The van der Waals surface area contributed by atoms with E-state index in [1.807, 2.05) is 13.0 Å². The minimum absolute atomic E-state index is 0.146. The summed E-state index contributed by atoms with van der Waals surface area (Å²) in [4.78, 5) is 31.3. The molecule has 2 heterocycles. The Kier molecular flexibility index (Phi) is 4.67. The Hall–Kier alpha value is -3.45. The Morgan fingerprint density at radius 3 is 2.68 bits per heavy atom. The van der Waals surface area contributed by atoms with Gasteiger partial charge in [-0.25, -0.2) is 14.5 Å². The first kappa shape index (κ1) is 17.9. The maximum atomic E-state index is 12.3. The highest BCUT2D eigenvalue weighted by Gasteiger charge is 2.11. The number of H-pyrrole nitrogens is 1. The quantitative estimate of drug-likeness (QED) is 0.535. The van der Waals surface area contributed by atoms with E-state index < -0.39 is 5.97 Å². The maximum Gasteiger partial charge on any atom is 0.338 e. The summed E-state index contributed by atoms with van der Waals surface area (Å²) in [5.74, 6) is -0.250. The van der Waals surface area contributed by atoms with Crippen LogP contribution in [0.2, 0.25) is 5.02 Å². The Morgan fingerprint density at radius 1 is 1.18 bits per heavy atom. The summed E-state index contributed by atoms with van der Waals surface area (Å²) in [7, 11) is 0. The van der Waals surface area contributed by atoms with Crippen molar-refractivity contribution in [1.29, 1.82) is 0 Å². The van der Waals surface area contributed by atoms with Gasteiger partial charge in [0.15, 0.2) is 0 Å². The third-order valence-corrected chi connectivity index (χ3v) is 4.47. The van der Waals surface area contributed by atoms with Crippen LogP contribution in [-0.4, -0.2) is 25.7 Å². The van der Waals surface area contributed by atoms with Crippen LogP contribution in [0.25, 0.3) is 16.6 Å². The lowest BCUT2D eigenvalue weighted by Gasteiger charge is -2.07. The molecule has 140 valence electrons. The molecule has 0 radical (unpaired) electrons. The van der Waals surface area contributed by atoms with Crippen molar-refractivity contribution in [2.75, 3.05) is 0 Å². The number of halogens is 1. The van der Waals surface area contributed by atoms with Crippen molar-refractivity contribution in [3.05, 3.63) is 87.2 Å². The van der Waals surface area contributed by atoms with E-state index in [9.17, 15) is 9.59 Å². The Balaban J connectivity index is 1.48. The van der Waals surface area contributed by atoms with E-state index in [0.717, 1.165) is 11.4 Å². The first-order valence-electron chi connectivity index (χ1n) is 8.48. The van der Waals surface area contributed by atoms with Gasteiger partial charge < -0.3 is 9.72 Å². The Morgan fingerprint density at radius 2 is 1.96 bits per heavy atom. The number of hydrogen-bond donors (Lipinski definition) is 1. The minimum Gasteiger partial charge on any atom is -0.454 e. The molecule has 8 heteroatoms. The summed E-state index contributed by atoms with van der Waals surface area (Å²) in [6.45, 7) is 1.80. The molecule has 2 aromatic carbocycles. The van der Waals surface area contributed by atoms with Crippen molar-refractivity contribution in [1.82, 2.24) is 19.7 Å². The van der Waals surface area contributed by atoms with Gasteiger partial charge in [-0.1, -0.05) is 11.6 Å². The highest BCUT2D eigenvalue weighted by atomic mass is 35.5. The molecule has 0 spiro atoms. The maximum absolute atomic E-state index is 12.3. The van der Waals surface area contributed by atoms with Gasteiger partial charge in [-0.2, -0.15) is 5.10 Å². The smallest absolute Gasteiger partial charge is 0.338 e. The number of carbonyl (C=O) groups excluding carboxylic acids is 1. The molecular formula is C20H15ClN4O3. The summed E-state index contributed by atoms with van der Waals surface area (Å²) in [5.41, 5.74) is 2.38. The number of esters is 1. The van der Waals surface area contributed by atoms with E-state index in [1.54, 1.807) is 53.3 Å². The van der Waals surface area contributed by atoms with Crippen LogP contribution in [0.1, 0.15) is 21.9 Å². The number of aryl methyl sites for hydroxylation is 1. The monoisotopic (exact) mass is 394 g/mol. The summed E-state index contributed by atoms with van der Waals surface area (Å²) in [6.07, 6.45) is 1.71. The molecule has 4 rings (SSSR count). The molecule has 0 saturated heterocycles. The van der Waals surface area contributed by atoms with E-state index in [2.05, 4.69) is 15.1 Å². The second kappa shape index (κ2) is 7.28. The average molecular weight is 395 g/mol. The van der Waals surface area contributed by atoms with E-state index in [4.69, 9.17) is 16.3 Å². The fourth-order valence-corrected chi connectivity index (χ4v) is 3.00. The second-order valence-corrected chi connectivity index (χ2v) is 6.62. The lowest BCUT2D eigenvalue weighted by molar-refractivity contribution is 0.0462. The predicted octanol–water partition coefficient (Wildman–Crippen LogP) is 3.43. The molecule has 0 atom stereocenters. The van der Waals surface area contributed by atoms with Gasteiger partial charge in [-0.05, 0) is 55.5 Å². The number of aromatic amines is 1. The van der Waals surface area contributed by atoms with E-state index in [1.165, 1.54) is 0 Å². The molecule has 7 nitrogen and oxygen atoms in total. The number of nitrogens with zero attached hydrogens (tertiary/aromatic N) is 3. The van der Waals surface area contributed by atoms with E-state index >= 15 is 0 Å². The number of nitrogens with one attached hydrogen (secondary N) is 1. The predicted molar refractivity (Wildman–Crippen MR) is 105 cm³/mol. The first-order valence-corrected chi connectivity index (χ1v) is 8.86. The van der Waals surface area contributed by atoms with Crippen molar-refractivity contribution >= 4 is 28.5 Å². The number of aromatic nitrogens is 4. The molecule has 0 aliphatic carbocycles. The van der Waals surface area contributed by atoms with Crippen molar-refractivity contribution in [2.24, 2.45) is 0 Å². The van der Waals surface area contributed by atoms with Gasteiger partial charge in [0.2, 0.25) is 0 Å². The standard InChI is InChI=1S/C20H15ClN4O3/c1-12-8-9-22-25(12)15-5-2-13(3-6-15)20(27)28-11-18-23-17-7-4-14(21)10-16(17)19(26)24-18/h2-10H,11H2,1H3,(H,23,24,26). The first-order chi connectivity index (χ1) is 13.5. The summed E-state index contributed by atoms with van der Waals surface area (Å²) < 4.78 is 7.04. The van der Waals surface area contributed by atoms with Gasteiger partial charge in [-0.3, -0.25) is 4.79 Å². The molecular weight excluding hydrogens is 380 g/mol. The molecule has 0 saturated carbocycles. The van der Waals surface area contributed by atoms with Gasteiger partial charge in [0.25, 0.3) is 5.56 Å². The number of benzene rings is 2. The average Bonchev–Trinajstić information content (AvgIpc) is 3.13. The lowest BCUT2D eigenvalue weighted by atomic mass is 10.2. The Labute approximate surface area is 164 Å². The second-order valence-electron chi connectivity index (χ2n) is 6.18. The van der Waals surface area contributed by atoms with E-state index in [0.29, 0.717) is 21.5 Å². The number of rotatable bonds is 4. The molecule has 0 aliphatic rings. The van der Waals surface area contributed by atoms with Crippen LogP contribution >= 0.6 is 11.6 Å². The minimum atomic E-state index is -0.511. The summed E-state index contributed by atoms with van der Waals surface area (Å²) in [6, 6.07) is 13.6. The lowest BCUT2D eigenvalue weighted by Crippen LogP contribution is -2.14. The zero-order chi connectivity index (χ0) is 19.7. The number of ether oxygens (including phenoxy) is 1. The van der Waals surface area contributed by atoms with E-state index in [-0.39, 0.29) is 18.0 Å². The third-order valence-electron chi connectivity index (χ3n) is 4.24. The summed E-state index contributed by atoms with van der Waals surface area (Å²) >= 11 is 5.90. The number of carbonyl (C=O) groups is 1. The highest BCUT2D eigenvalue weighted by molar-refractivity contribution is 6.31. The molecule has 1 N–H and O–H groups in total. The molecule has 2 aromatic heterocycles. The van der Waals surface area contributed by atoms with Crippen LogP contribution in [0, 0.1) is 6.92 Å². The van der Waals surface area contributed by atoms with Gasteiger partial charge >= 0.3 is 5.97 Å². The normalized spacial score (nSPS) is 10.9. The molecule has 0 unspecified atom stereocenters. The fourth-order valence-electron chi connectivity index (χ4n) is 2.82. The van der Waals surface area contributed by atoms with Gasteiger partial charge in [0.1, 0.15) is 12.4 Å². The number of fused-ring (bicyclic) bond motifs is 1. The van der Waals surface area contributed by atoms with Crippen molar-refractivity contribution in [2.45, 2.75) is 13.5 Å². The van der Waals surface area contributed by atoms with Crippen molar-refractivity contribution in [3.8, 4) is 5.69 Å². The zero-order valence-electron chi connectivity index (χ0n) is 14.8. The summed E-state index contributed by atoms with van der Waals surface area (Å²) in [5, 5.41) is 5.06. The van der Waals surface area contributed by atoms with Gasteiger partial charge in [-0.15, -0.1) is 0 Å². The SMILES string of the molecule is Cc1ccnn1-c1ccc(C(=O)OCc2nc3ccc(Cl)cc3c(=O)[nH]2)cc1. The van der Waals surface area contributed by atoms with Crippen molar-refractivity contribution in [3.63, 3.8) is 0 Å². The highest BCUT2D eigenvalue weighted by Crippen LogP contribution is 2.15. The van der Waals surface area contributed by atoms with Crippen LogP contribution in [0.3, 0.4) is 0 Å². The Bertz CT molecular complexity index is 1230. The van der Waals surface area contributed by atoms with Crippen molar-refractivity contribution < 1.29 is 9.53 Å². The van der Waals surface area contributed by atoms with Crippen LogP contribution in [0.15, 0.2) is 59.5 Å². The molecule has 0 amide bonds.